The van der Waals surface area contributed by atoms with E-state index in [2.05, 4.69) is 23.1 Å². The van der Waals surface area contributed by atoms with Gasteiger partial charge >= 0.3 is 0 Å². The van der Waals surface area contributed by atoms with E-state index in [4.69, 9.17) is 4.74 Å². The number of carbonyl (C=O) groups excluding carboxylic acids is 1. The molecule has 0 aliphatic carbocycles. The molecule has 0 fully saturated rings. The molecule has 25 heavy (non-hydrogen) atoms. The van der Waals surface area contributed by atoms with Crippen molar-refractivity contribution in [3.8, 4) is 6.07 Å². The van der Waals surface area contributed by atoms with Gasteiger partial charge in [-0.2, -0.15) is 5.26 Å². The first-order chi connectivity index (χ1) is 12.2. The molecule has 2 aliphatic rings. The fraction of sp³-hybridized carbons (Fsp3) is 0.524. The van der Waals surface area contributed by atoms with E-state index in [-0.39, 0.29) is 11.4 Å². The fourth-order valence-corrected chi connectivity index (χ4v) is 3.87. The number of benzene rings is 1. The normalized spacial score (nSPS) is 16.3. The molecule has 4 nitrogen and oxygen atoms in total. The molecule has 0 radical (unpaired) electrons. The van der Waals surface area contributed by atoms with Crippen LogP contribution in [0.3, 0.4) is 0 Å². The van der Waals surface area contributed by atoms with Gasteiger partial charge in [-0.25, -0.2) is 0 Å². The van der Waals surface area contributed by atoms with Gasteiger partial charge < -0.3 is 9.64 Å². The first-order valence-electron chi connectivity index (χ1n) is 9.36. The van der Waals surface area contributed by atoms with Crippen molar-refractivity contribution in [2.24, 2.45) is 0 Å². The predicted molar refractivity (Wildman–Crippen MR) is 99.6 cm³/mol. The second kappa shape index (κ2) is 8.31. The number of ether oxygens (including phenoxy) is 1. The summed E-state index contributed by atoms with van der Waals surface area (Å²) in [6, 6.07) is 6.43. The maximum absolute atomic E-state index is 12.3. The zero-order valence-electron chi connectivity index (χ0n) is 15.0. The van der Waals surface area contributed by atoms with Crippen molar-refractivity contribution in [1.82, 2.24) is 0 Å². The van der Waals surface area contributed by atoms with Crippen LogP contribution in [0.1, 0.15) is 49.3 Å². The van der Waals surface area contributed by atoms with Gasteiger partial charge in [0.25, 0.3) is 0 Å². The molecule has 0 N–H and O–H groups in total. The number of hydrogen-bond donors (Lipinski definition) is 0. The topological polar surface area (TPSA) is 53.3 Å². The molecule has 0 saturated heterocycles. The molecule has 3 rings (SSSR count). The second-order valence-electron chi connectivity index (χ2n) is 6.78. The molecule has 4 heteroatoms. The Kier molecular flexibility index (Phi) is 5.88. The molecule has 0 spiro atoms. The molecule has 0 aromatic heterocycles. The summed E-state index contributed by atoms with van der Waals surface area (Å²) in [5.41, 5.74) is 5.40. The molecule has 0 bridgehead atoms. The van der Waals surface area contributed by atoms with Crippen molar-refractivity contribution in [1.29, 1.82) is 5.26 Å². The van der Waals surface area contributed by atoms with Crippen molar-refractivity contribution in [3.63, 3.8) is 0 Å². The average Bonchev–Trinajstić information content (AvgIpc) is 2.63. The lowest BCUT2D eigenvalue weighted by Gasteiger charge is -2.37. The number of aryl methyl sites for hydroxylation is 2. The molecule has 1 aromatic carbocycles. The molecule has 0 atom stereocenters. The Morgan fingerprint density at radius 3 is 2.56 bits per heavy atom. The van der Waals surface area contributed by atoms with E-state index < -0.39 is 0 Å². The van der Waals surface area contributed by atoms with Gasteiger partial charge in [-0.1, -0.05) is 0 Å². The highest BCUT2D eigenvalue weighted by molar-refractivity contribution is 6.03. The van der Waals surface area contributed by atoms with E-state index in [1.165, 1.54) is 29.7 Å². The van der Waals surface area contributed by atoms with Crippen molar-refractivity contribution in [2.45, 2.75) is 45.4 Å². The molecule has 1 aromatic rings. The van der Waals surface area contributed by atoms with Crippen LogP contribution in [0.4, 0.5) is 5.69 Å². The number of nitrogens with zero attached hydrogens (tertiary/aromatic N) is 2. The minimum absolute atomic E-state index is 0.0878. The highest BCUT2D eigenvalue weighted by atomic mass is 16.5. The maximum atomic E-state index is 12.3. The predicted octanol–water partition coefficient (Wildman–Crippen LogP) is 3.68. The number of allylic oxidation sites excluding steroid dienone is 1. The van der Waals surface area contributed by atoms with Gasteiger partial charge in [0.15, 0.2) is 5.78 Å². The quantitative estimate of drug-likeness (QED) is 0.432. The summed E-state index contributed by atoms with van der Waals surface area (Å²) >= 11 is 0. The van der Waals surface area contributed by atoms with Crippen LogP contribution < -0.4 is 4.90 Å². The second-order valence-corrected chi connectivity index (χ2v) is 6.78. The van der Waals surface area contributed by atoms with Crippen molar-refractivity contribution in [2.75, 3.05) is 31.2 Å². The third kappa shape index (κ3) is 4.11. The number of carbonyl (C=O) groups is 1. The average molecular weight is 338 g/mol. The Morgan fingerprint density at radius 2 is 1.96 bits per heavy atom. The van der Waals surface area contributed by atoms with Gasteiger partial charge in [-0.15, -0.1) is 0 Å². The van der Waals surface area contributed by atoms with Gasteiger partial charge in [-0.05, 0) is 73.9 Å². The Labute approximate surface area is 150 Å². The zero-order chi connectivity index (χ0) is 17.6. The number of hydrogen-bond acceptors (Lipinski definition) is 4. The summed E-state index contributed by atoms with van der Waals surface area (Å²) in [6.07, 6.45) is 7.34. The van der Waals surface area contributed by atoms with Gasteiger partial charge in [0.2, 0.25) is 0 Å². The van der Waals surface area contributed by atoms with Gasteiger partial charge in [-0.3, -0.25) is 4.79 Å². The lowest BCUT2D eigenvalue weighted by molar-refractivity contribution is -0.115. The number of ketones is 1. The maximum Gasteiger partial charge on any atom is 0.173 e. The minimum Gasteiger partial charge on any atom is -0.382 e. The third-order valence-corrected chi connectivity index (χ3v) is 4.98. The molecular formula is C21H26N2O2. The monoisotopic (exact) mass is 338 g/mol. The first-order valence-corrected chi connectivity index (χ1v) is 9.36. The highest BCUT2D eigenvalue weighted by Crippen LogP contribution is 2.36. The van der Waals surface area contributed by atoms with Crippen molar-refractivity contribution < 1.29 is 9.53 Å². The van der Waals surface area contributed by atoms with Crippen LogP contribution in [0.2, 0.25) is 0 Å². The van der Waals surface area contributed by atoms with Gasteiger partial charge in [0.1, 0.15) is 6.07 Å². The summed E-state index contributed by atoms with van der Waals surface area (Å²) in [7, 11) is 0. The number of Topliss-reactive ketones (excluding diaryl/α,β-unsaturated/α-hetero) is 1. The van der Waals surface area contributed by atoms with Crippen LogP contribution in [0.5, 0.6) is 0 Å². The first kappa shape index (κ1) is 17.7. The van der Waals surface area contributed by atoms with E-state index in [1.54, 1.807) is 6.08 Å². The number of rotatable bonds is 7. The molecule has 132 valence electrons. The van der Waals surface area contributed by atoms with Gasteiger partial charge in [0.05, 0.1) is 5.57 Å². The zero-order valence-corrected chi connectivity index (χ0v) is 15.0. The van der Waals surface area contributed by atoms with E-state index in [1.807, 2.05) is 6.92 Å². The number of anilines is 1. The Hall–Kier alpha value is -2.12. The third-order valence-electron chi connectivity index (χ3n) is 4.98. The Balaban J connectivity index is 1.80. The largest absolute Gasteiger partial charge is 0.382 e. The van der Waals surface area contributed by atoms with E-state index in [0.29, 0.717) is 26.1 Å². The summed E-state index contributed by atoms with van der Waals surface area (Å²) in [5.74, 6) is -0.0878. The van der Waals surface area contributed by atoms with Crippen molar-refractivity contribution in [3.05, 3.63) is 34.4 Å². The Morgan fingerprint density at radius 1 is 1.28 bits per heavy atom. The Bertz CT molecular complexity index is 684. The van der Waals surface area contributed by atoms with Crippen molar-refractivity contribution >= 4 is 17.5 Å². The molecular weight excluding hydrogens is 312 g/mol. The SMILES string of the molecule is CCOCCCC(=O)/C(C#N)=C/c1cc2c3c(c1)CCCN3CCC2. The summed E-state index contributed by atoms with van der Waals surface area (Å²) in [5, 5.41) is 9.40. The van der Waals surface area contributed by atoms with E-state index >= 15 is 0 Å². The van der Waals surface area contributed by atoms with Crippen LogP contribution in [0, 0.1) is 11.3 Å². The summed E-state index contributed by atoms with van der Waals surface area (Å²) < 4.78 is 5.27. The van der Waals surface area contributed by atoms with Gasteiger partial charge in [0, 0.05) is 38.4 Å². The molecule has 0 amide bonds. The number of nitriles is 1. The minimum atomic E-state index is -0.0878. The molecule has 0 unspecified atom stereocenters. The van der Waals surface area contributed by atoms with Crippen LogP contribution in [-0.4, -0.2) is 32.1 Å². The molecule has 2 aliphatic heterocycles. The van der Waals surface area contributed by atoms with Crippen LogP contribution >= 0.6 is 0 Å². The van der Waals surface area contributed by atoms with Crippen LogP contribution in [0.25, 0.3) is 6.08 Å². The lowest BCUT2D eigenvalue weighted by atomic mass is 9.89. The van der Waals surface area contributed by atoms with E-state index in [9.17, 15) is 10.1 Å². The lowest BCUT2D eigenvalue weighted by Crippen LogP contribution is -2.34. The fourth-order valence-electron chi connectivity index (χ4n) is 3.87. The molecule has 2 heterocycles. The smallest absolute Gasteiger partial charge is 0.173 e. The standard InChI is InChI=1S/C21H26N2O2/c1-2-25-11-5-8-20(24)19(15-22)14-16-12-17-6-3-9-23-10-4-7-18(13-16)21(17)23/h12-14H,2-11H2,1H3/b19-14+. The van der Waals surface area contributed by atoms with E-state index in [0.717, 1.165) is 31.5 Å². The van der Waals surface area contributed by atoms with Crippen LogP contribution in [0.15, 0.2) is 17.7 Å². The summed E-state index contributed by atoms with van der Waals surface area (Å²) in [4.78, 5) is 14.8. The molecule has 0 saturated carbocycles. The van der Waals surface area contributed by atoms with Crippen LogP contribution in [-0.2, 0) is 22.4 Å². The highest BCUT2D eigenvalue weighted by Gasteiger charge is 2.24. The summed E-state index contributed by atoms with van der Waals surface area (Å²) in [6.45, 7) is 5.46.